The lowest BCUT2D eigenvalue weighted by molar-refractivity contribution is -0.207. The van der Waals surface area contributed by atoms with Crippen LogP contribution in [0.25, 0.3) is 0 Å². The van der Waals surface area contributed by atoms with E-state index in [4.69, 9.17) is 9.47 Å². The molecule has 0 radical (unpaired) electrons. The lowest BCUT2D eigenvalue weighted by Crippen LogP contribution is -2.65. The van der Waals surface area contributed by atoms with Crippen molar-refractivity contribution in [1.82, 2.24) is 0 Å². The fourth-order valence-corrected chi connectivity index (χ4v) is 8.41. The van der Waals surface area contributed by atoms with Gasteiger partial charge >= 0.3 is 11.9 Å². The Labute approximate surface area is 222 Å². The van der Waals surface area contributed by atoms with Gasteiger partial charge in [0.05, 0.1) is 6.10 Å². The zero-order valence-corrected chi connectivity index (χ0v) is 22.7. The van der Waals surface area contributed by atoms with Crippen LogP contribution in [0.5, 0.6) is 0 Å². The Hall–Kier alpha value is -2.42. The van der Waals surface area contributed by atoms with Gasteiger partial charge in [0.1, 0.15) is 6.17 Å². The topological polar surface area (TPSA) is 107 Å². The average Bonchev–Trinajstić information content (AvgIpc) is 3.06. The van der Waals surface area contributed by atoms with Gasteiger partial charge in [-0.3, -0.25) is 19.2 Å². The quantitative estimate of drug-likeness (QED) is 0.482. The number of carbonyl (C=O) groups excluding carboxylic acids is 4. The molecule has 4 aliphatic rings. The molecular weight excluding hydrogens is 498 g/mol. The molecule has 0 spiro atoms. The molecule has 9 heteroatoms. The van der Waals surface area contributed by atoms with Crippen LogP contribution in [0.15, 0.2) is 23.6 Å². The van der Waals surface area contributed by atoms with Crippen molar-refractivity contribution in [2.75, 3.05) is 6.61 Å². The lowest BCUT2D eigenvalue weighted by Gasteiger charge is -2.60. The molecule has 38 heavy (non-hydrogen) atoms. The monoisotopic (exact) mass is 536 g/mol. The molecule has 0 saturated heterocycles. The molecule has 0 aromatic heterocycles. The zero-order chi connectivity index (χ0) is 28.2. The maximum atomic E-state index is 15.7. The minimum absolute atomic E-state index is 0.0409. The minimum Gasteiger partial charge on any atom is -0.457 e. The molecule has 1 N–H and O–H groups in total. The number of ketones is 2. The van der Waals surface area contributed by atoms with E-state index in [1.54, 1.807) is 27.7 Å². The number of esters is 2. The van der Waals surface area contributed by atoms with Crippen molar-refractivity contribution >= 4 is 23.5 Å². The number of aliphatic hydroxyl groups excluding tert-OH is 1. The zero-order valence-electron chi connectivity index (χ0n) is 22.7. The summed E-state index contributed by atoms with van der Waals surface area (Å²) in [5, 5.41) is 11.6. The molecule has 7 nitrogen and oxygen atoms in total. The Bertz CT molecular complexity index is 1100. The Balaban J connectivity index is 1.80. The molecule has 210 valence electrons. The van der Waals surface area contributed by atoms with Crippen LogP contribution in [0.1, 0.15) is 73.1 Å². The van der Waals surface area contributed by atoms with Crippen LogP contribution >= 0.6 is 0 Å². The van der Waals surface area contributed by atoms with Gasteiger partial charge in [-0.25, -0.2) is 8.78 Å². The van der Waals surface area contributed by atoms with Crippen LogP contribution in [0.3, 0.4) is 0 Å². The number of alkyl halides is 1. The van der Waals surface area contributed by atoms with E-state index in [1.165, 1.54) is 6.08 Å². The summed E-state index contributed by atoms with van der Waals surface area (Å²) < 4.78 is 41.9. The third-order valence-electron chi connectivity index (χ3n) is 9.89. The molecule has 3 saturated carbocycles. The van der Waals surface area contributed by atoms with Gasteiger partial charge in [-0.2, -0.15) is 0 Å². The van der Waals surface area contributed by atoms with E-state index in [2.05, 4.69) is 0 Å². The number of Topliss-reactive ketones (excluding diaryl/α,β-unsaturated/α-hetero) is 1. The van der Waals surface area contributed by atoms with Gasteiger partial charge in [-0.1, -0.05) is 40.7 Å². The number of allylic oxidation sites excluding steroid dienone is 4. The lowest BCUT2D eigenvalue weighted by atomic mass is 9.45. The molecule has 0 aromatic carbocycles. The van der Waals surface area contributed by atoms with Gasteiger partial charge in [-0.15, -0.1) is 0 Å². The van der Waals surface area contributed by atoms with Gasteiger partial charge in [-0.05, 0) is 43.6 Å². The molecule has 0 heterocycles. The van der Waals surface area contributed by atoms with Crippen molar-refractivity contribution in [3.63, 3.8) is 0 Å². The summed E-state index contributed by atoms with van der Waals surface area (Å²) in [4.78, 5) is 50.7. The van der Waals surface area contributed by atoms with Crippen molar-refractivity contribution in [3.05, 3.63) is 23.6 Å². The van der Waals surface area contributed by atoms with Crippen LogP contribution in [-0.4, -0.2) is 53.1 Å². The van der Waals surface area contributed by atoms with Crippen LogP contribution in [0.4, 0.5) is 8.78 Å². The van der Waals surface area contributed by atoms with E-state index in [1.807, 2.05) is 6.92 Å². The molecule has 0 aromatic rings. The Kier molecular flexibility index (Phi) is 7.49. The summed E-state index contributed by atoms with van der Waals surface area (Å²) >= 11 is 0. The van der Waals surface area contributed by atoms with E-state index < -0.39 is 82.4 Å². The predicted octanol–water partition coefficient (Wildman–Crippen LogP) is 4.36. The molecule has 3 fully saturated rings. The fourth-order valence-electron chi connectivity index (χ4n) is 8.41. The normalized spacial score (nSPS) is 41.7. The molecule has 0 bridgehead atoms. The van der Waals surface area contributed by atoms with Crippen molar-refractivity contribution in [2.45, 2.75) is 91.0 Å². The number of halogens is 2. The molecule has 9 atom stereocenters. The second-order valence-corrected chi connectivity index (χ2v) is 11.9. The first-order valence-corrected chi connectivity index (χ1v) is 13.6. The number of hydrogen-bond acceptors (Lipinski definition) is 7. The summed E-state index contributed by atoms with van der Waals surface area (Å²) in [5.41, 5.74) is -4.20. The summed E-state index contributed by atoms with van der Waals surface area (Å²) in [5.74, 6) is -5.58. The summed E-state index contributed by atoms with van der Waals surface area (Å²) in [7, 11) is 0. The highest BCUT2D eigenvalue weighted by atomic mass is 19.1. The van der Waals surface area contributed by atoms with Crippen LogP contribution in [-0.2, 0) is 28.7 Å². The Morgan fingerprint density at radius 2 is 1.84 bits per heavy atom. The van der Waals surface area contributed by atoms with E-state index >= 15 is 4.39 Å². The molecular formula is C29H38F2O7. The number of ether oxygens (including phenoxy) is 2. The van der Waals surface area contributed by atoms with Crippen LogP contribution in [0.2, 0.25) is 0 Å². The molecule has 4 rings (SSSR count). The van der Waals surface area contributed by atoms with Crippen LogP contribution in [0, 0.1) is 34.5 Å². The Morgan fingerprint density at radius 1 is 1.16 bits per heavy atom. The van der Waals surface area contributed by atoms with Crippen molar-refractivity contribution in [1.29, 1.82) is 0 Å². The number of rotatable bonds is 7. The van der Waals surface area contributed by atoms with Crippen LogP contribution < -0.4 is 0 Å². The molecule has 0 aliphatic heterocycles. The number of aliphatic hydroxyl groups is 1. The molecule has 4 aliphatic carbocycles. The standard InChI is InChI=1S/C29H38F2O7/c1-6-8-23(36)38-29(21(34)14-37-22(35)7-2)15(3)11-17-16-12-18(30)25-26(31)19(32)9-10-27(25,4)24(16)20(33)13-28(17,29)5/h9-10,15-18,20,24,33H,6-8,11-14H2,1-5H3/t15?,16-,17-,18?,20?,24+,27+,28-,29-/m0/s1. The number of hydrogen-bond donors (Lipinski definition) is 1. The number of fused-ring (bicyclic) bond motifs is 5. The largest absolute Gasteiger partial charge is 0.457 e. The van der Waals surface area contributed by atoms with Gasteiger partial charge < -0.3 is 14.6 Å². The second kappa shape index (κ2) is 9.96. The third kappa shape index (κ3) is 3.98. The van der Waals surface area contributed by atoms with Crippen molar-refractivity contribution in [2.24, 2.45) is 34.5 Å². The molecule has 0 amide bonds. The maximum absolute atomic E-state index is 15.7. The van der Waals surface area contributed by atoms with E-state index in [9.17, 15) is 28.7 Å². The SMILES string of the molecule is CCCC(=O)O[C@]1(C(=O)COC(=O)CC)C(C)C[C@H]2[C@@H]3CC(F)C4=C(F)C(=O)C=C[C@]4(C)[C@H]3C(O)C[C@@]21C. The summed E-state index contributed by atoms with van der Waals surface area (Å²) in [6.07, 6.45) is 0.771. The highest BCUT2D eigenvalue weighted by Crippen LogP contribution is 2.69. The van der Waals surface area contributed by atoms with Crippen molar-refractivity contribution in [3.8, 4) is 0 Å². The third-order valence-corrected chi connectivity index (χ3v) is 9.89. The van der Waals surface area contributed by atoms with E-state index in [0.29, 0.717) is 12.8 Å². The second-order valence-electron chi connectivity index (χ2n) is 11.9. The average molecular weight is 537 g/mol. The Morgan fingerprint density at radius 3 is 2.47 bits per heavy atom. The summed E-state index contributed by atoms with van der Waals surface area (Å²) in [6, 6.07) is 0. The first kappa shape index (κ1) is 28.6. The van der Waals surface area contributed by atoms with Gasteiger partial charge in [0.25, 0.3) is 0 Å². The maximum Gasteiger partial charge on any atom is 0.306 e. The first-order chi connectivity index (χ1) is 17.8. The fraction of sp³-hybridized carbons (Fsp3) is 0.724. The first-order valence-electron chi connectivity index (χ1n) is 13.6. The van der Waals surface area contributed by atoms with Crippen molar-refractivity contribution < 1.29 is 42.5 Å². The highest BCUT2D eigenvalue weighted by molar-refractivity contribution is 6.04. The highest BCUT2D eigenvalue weighted by Gasteiger charge is 2.73. The minimum atomic E-state index is -1.74. The van der Waals surface area contributed by atoms with E-state index in [0.717, 1.165) is 6.08 Å². The smallest absolute Gasteiger partial charge is 0.306 e. The summed E-state index contributed by atoms with van der Waals surface area (Å²) in [6.45, 7) is 8.09. The molecule has 3 unspecified atom stereocenters. The van der Waals surface area contributed by atoms with Gasteiger partial charge in [0, 0.05) is 41.1 Å². The van der Waals surface area contributed by atoms with Gasteiger partial charge in [0.15, 0.2) is 18.0 Å². The predicted molar refractivity (Wildman–Crippen MR) is 133 cm³/mol. The van der Waals surface area contributed by atoms with Gasteiger partial charge in [0.2, 0.25) is 11.6 Å². The van der Waals surface area contributed by atoms with E-state index in [-0.39, 0.29) is 37.2 Å². The number of carbonyl (C=O) groups is 4.